The van der Waals surface area contributed by atoms with Crippen LogP contribution in [0.15, 0.2) is 48.5 Å². The van der Waals surface area contributed by atoms with E-state index in [1.54, 1.807) is 30.3 Å². The third kappa shape index (κ3) is 5.76. The van der Waals surface area contributed by atoms with Gasteiger partial charge >= 0.3 is 12.1 Å². The summed E-state index contributed by atoms with van der Waals surface area (Å²) in [7, 11) is -4.34. The minimum absolute atomic E-state index is 0.223. The topological polar surface area (TPSA) is 89.9 Å². The van der Waals surface area contributed by atoms with E-state index < -0.39 is 51.5 Å². The van der Waals surface area contributed by atoms with Gasteiger partial charge in [-0.3, -0.25) is 4.55 Å². The maximum Gasteiger partial charge on any atom is 0.419 e. The van der Waals surface area contributed by atoms with Gasteiger partial charge in [-0.05, 0) is 49.4 Å². The molecule has 10 heteroatoms. The molecule has 2 aromatic rings. The zero-order chi connectivity index (χ0) is 22.7. The molecule has 6 nitrogen and oxygen atoms in total. The highest BCUT2D eigenvalue weighted by atomic mass is 32.2. The van der Waals surface area contributed by atoms with Gasteiger partial charge in [0, 0.05) is 0 Å². The summed E-state index contributed by atoms with van der Waals surface area (Å²) in [6.07, 6.45) is -2.09. The van der Waals surface area contributed by atoms with Crippen LogP contribution < -0.4 is 4.74 Å². The number of halogens is 3. The summed E-state index contributed by atoms with van der Waals surface area (Å²) in [6, 6.07) is 11.6. The van der Waals surface area contributed by atoms with E-state index in [4.69, 9.17) is 14.0 Å². The van der Waals surface area contributed by atoms with E-state index >= 15 is 0 Å². The van der Waals surface area contributed by atoms with E-state index in [0.29, 0.717) is 12.8 Å². The van der Waals surface area contributed by atoms with Crippen molar-refractivity contribution in [2.75, 3.05) is 12.4 Å². The van der Waals surface area contributed by atoms with Crippen LogP contribution in [-0.4, -0.2) is 31.3 Å². The van der Waals surface area contributed by atoms with E-state index in [1.165, 1.54) is 0 Å². The molecule has 0 spiro atoms. The Bertz CT molecular complexity index is 1030. The van der Waals surface area contributed by atoms with Crippen molar-refractivity contribution in [2.24, 2.45) is 0 Å². The van der Waals surface area contributed by atoms with E-state index in [1.807, 2.05) is 0 Å². The van der Waals surface area contributed by atoms with Gasteiger partial charge in [0.05, 0.1) is 11.1 Å². The summed E-state index contributed by atoms with van der Waals surface area (Å²) in [4.78, 5) is 12.2. The monoisotopic (exact) mass is 458 g/mol. The average Bonchev–Trinajstić information content (AvgIpc) is 3.16. The summed E-state index contributed by atoms with van der Waals surface area (Å²) in [5, 5.41) is 0. The first-order valence-electron chi connectivity index (χ1n) is 9.58. The molecule has 0 radical (unpaired) electrons. The Morgan fingerprint density at radius 1 is 1.06 bits per heavy atom. The second-order valence-corrected chi connectivity index (χ2v) is 8.87. The number of rotatable bonds is 7. The predicted octanol–water partition coefficient (Wildman–Crippen LogP) is 4.60. The van der Waals surface area contributed by atoms with Crippen LogP contribution in [0.1, 0.15) is 47.2 Å². The summed E-state index contributed by atoms with van der Waals surface area (Å²) in [6.45, 7) is -0.636. The Balaban J connectivity index is 1.93. The maximum atomic E-state index is 13.6. The molecule has 0 saturated heterocycles. The zero-order valence-corrected chi connectivity index (χ0v) is 17.2. The van der Waals surface area contributed by atoms with Gasteiger partial charge in [-0.2, -0.15) is 21.6 Å². The lowest BCUT2D eigenvalue weighted by molar-refractivity contribution is -0.140. The van der Waals surface area contributed by atoms with Crippen molar-refractivity contribution < 1.29 is 40.4 Å². The number of hydrogen-bond acceptors (Lipinski definition) is 5. The molecule has 1 aliphatic rings. The second kappa shape index (κ2) is 8.88. The van der Waals surface area contributed by atoms with Crippen molar-refractivity contribution in [3.8, 4) is 5.75 Å². The highest BCUT2D eigenvalue weighted by Gasteiger charge is 2.41. The number of hydrogen-bond donors (Lipinski definition) is 1. The van der Waals surface area contributed by atoms with Gasteiger partial charge in [0.15, 0.2) is 0 Å². The van der Waals surface area contributed by atoms with E-state index in [9.17, 15) is 26.4 Å². The number of esters is 1. The second-order valence-electron chi connectivity index (χ2n) is 7.30. The molecule has 0 atom stereocenters. The van der Waals surface area contributed by atoms with Crippen LogP contribution in [-0.2, 0) is 26.6 Å². The molecule has 3 rings (SSSR count). The zero-order valence-electron chi connectivity index (χ0n) is 16.4. The first kappa shape index (κ1) is 23.1. The van der Waals surface area contributed by atoms with E-state index in [0.717, 1.165) is 36.6 Å². The highest BCUT2D eigenvalue weighted by Crippen LogP contribution is 2.46. The molecule has 2 aromatic carbocycles. The van der Waals surface area contributed by atoms with Crippen LogP contribution in [0.2, 0.25) is 0 Å². The quantitative estimate of drug-likeness (QED) is 0.482. The summed E-state index contributed by atoms with van der Waals surface area (Å²) in [5.74, 6) is -2.34. The molecule has 0 amide bonds. The Hall–Kier alpha value is -2.59. The van der Waals surface area contributed by atoms with Gasteiger partial charge in [-0.15, -0.1) is 0 Å². The van der Waals surface area contributed by atoms with Crippen molar-refractivity contribution in [3.63, 3.8) is 0 Å². The van der Waals surface area contributed by atoms with Gasteiger partial charge < -0.3 is 9.47 Å². The molecular weight excluding hydrogens is 437 g/mol. The normalized spacial score (nSPS) is 16.1. The van der Waals surface area contributed by atoms with Crippen molar-refractivity contribution in [1.29, 1.82) is 0 Å². The van der Waals surface area contributed by atoms with Crippen molar-refractivity contribution in [1.82, 2.24) is 0 Å². The van der Waals surface area contributed by atoms with Crippen LogP contribution in [0.4, 0.5) is 13.2 Å². The number of carbonyl (C=O) groups excluding carboxylic acids is 1. The fraction of sp³-hybridized carbons (Fsp3) is 0.381. The Kier molecular flexibility index (Phi) is 6.61. The maximum absolute atomic E-state index is 13.6. The predicted molar refractivity (Wildman–Crippen MR) is 105 cm³/mol. The standard InChI is InChI=1S/C21H21F3O6S/c22-21(23,24)17-9-8-15(19(25)29-12-13-31(26,27)28)14-18(17)30-20(10-4-5-11-20)16-6-2-1-3-7-16/h1-3,6-9,14H,4-5,10-13H2,(H,26,27,28). The fourth-order valence-electron chi connectivity index (χ4n) is 3.64. The minimum atomic E-state index is -4.71. The van der Waals surface area contributed by atoms with Gasteiger partial charge in [0.1, 0.15) is 23.7 Å². The third-order valence-corrected chi connectivity index (χ3v) is 5.80. The van der Waals surface area contributed by atoms with Crippen molar-refractivity contribution in [2.45, 2.75) is 37.5 Å². The Morgan fingerprint density at radius 2 is 1.71 bits per heavy atom. The third-order valence-electron chi connectivity index (χ3n) is 5.11. The molecule has 0 aromatic heterocycles. The highest BCUT2D eigenvalue weighted by molar-refractivity contribution is 7.85. The summed E-state index contributed by atoms with van der Waals surface area (Å²) < 4.78 is 81.8. The number of carbonyl (C=O) groups is 1. The van der Waals surface area contributed by atoms with Gasteiger partial charge in [-0.25, -0.2) is 4.79 Å². The molecule has 0 heterocycles. The first-order valence-corrected chi connectivity index (χ1v) is 11.2. The molecule has 31 heavy (non-hydrogen) atoms. The smallest absolute Gasteiger partial charge is 0.419 e. The number of alkyl halides is 3. The van der Waals surface area contributed by atoms with Crippen LogP contribution in [0.5, 0.6) is 5.75 Å². The van der Waals surface area contributed by atoms with Crippen LogP contribution >= 0.6 is 0 Å². The SMILES string of the molecule is O=C(OCCS(=O)(=O)O)c1ccc(C(F)(F)F)c(OC2(c3ccccc3)CCCC2)c1. The Labute approximate surface area is 177 Å². The molecule has 1 N–H and O–H groups in total. The lowest BCUT2D eigenvalue weighted by Crippen LogP contribution is -2.30. The van der Waals surface area contributed by atoms with E-state index in [-0.39, 0.29) is 5.56 Å². The first-order chi connectivity index (χ1) is 14.5. The lowest BCUT2D eigenvalue weighted by Gasteiger charge is -2.32. The number of ether oxygens (including phenoxy) is 2. The molecule has 1 fully saturated rings. The fourth-order valence-corrected chi connectivity index (χ4v) is 3.93. The van der Waals surface area contributed by atoms with Gasteiger partial charge in [-0.1, -0.05) is 30.3 Å². The molecule has 1 aliphatic carbocycles. The molecule has 0 bridgehead atoms. The molecule has 1 saturated carbocycles. The lowest BCUT2D eigenvalue weighted by atomic mass is 9.91. The Morgan fingerprint density at radius 3 is 2.29 bits per heavy atom. The van der Waals surface area contributed by atoms with Crippen molar-refractivity contribution >= 4 is 16.1 Å². The van der Waals surface area contributed by atoms with Gasteiger partial charge in [0.25, 0.3) is 10.1 Å². The molecule has 0 aliphatic heterocycles. The van der Waals surface area contributed by atoms with Crippen molar-refractivity contribution in [3.05, 3.63) is 65.2 Å². The summed E-state index contributed by atoms with van der Waals surface area (Å²) in [5.41, 5.74) is -1.44. The largest absolute Gasteiger partial charge is 0.482 e. The van der Waals surface area contributed by atoms with Crippen LogP contribution in [0.25, 0.3) is 0 Å². The number of benzene rings is 2. The van der Waals surface area contributed by atoms with E-state index in [2.05, 4.69) is 0 Å². The molecule has 0 unspecified atom stereocenters. The average molecular weight is 458 g/mol. The van der Waals surface area contributed by atoms with Crippen LogP contribution in [0.3, 0.4) is 0 Å². The molecular formula is C21H21F3O6S. The summed E-state index contributed by atoms with van der Waals surface area (Å²) >= 11 is 0. The van der Waals surface area contributed by atoms with Gasteiger partial charge in [0.2, 0.25) is 0 Å². The molecule has 168 valence electrons. The van der Waals surface area contributed by atoms with Crippen LogP contribution in [0, 0.1) is 0 Å². The minimum Gasteiger partial charge on any atom is -0.482 e.